The van der Waals surface area contributed by atoms with Crippen LogP contribution in [0.15, 0.2) is 47.6 Å². The second-order valence-corrected chi connectivity index (χ2v) is 6.77. The molecule has 1 aromatic heterocycles. The summed E-state index contributed by atoms with van der Waals surface area (Å²) >= 11 is 1.24. The number of hydrogen-bond acceptors (Lipinski definition) is 5. The summed E-state index contributed by atoms with van der Waals surface area (Å²) in [7, 11) is 0. The summed E-state index contributed by atoms with van der Waals surface area (Å²) in [4.78, 5) is 28.5. The van der Waals surface area contributed by atoms with E-state index in [-0.39, 0.29) is 17.7 Å². The Morgan fingerprint density at radius 2 is 1.92 bits per heavy atom. The lowest BCUT2D eigenvalue weighted by Crippen LogP contribution is -2.29. The van der Waals surface area contributed by atoms with Gasteiger partial charge in [0, 0.05) is 6.20 Å². The number of aryl methyl sites for hydroxylation is 1. The Morgan fingerprint density at radius 3 is 2.58 bits per heavy atom. The molecule has 0 bridgehead atoms. The average Bonchev–Trinajstić information content (AvgIpc) is 2.65. The molecule has 26 heavy (non-hydrogen) atoms. The van der Waals surface area contributed by atoms with Gasteiger partial charge in [-0.15, -0.1) is 0 Å². The standard InChI is InChI=1S/C20H24N2O3S/c1-4-17(15-10-8-14(3)9-11-15)22-18(23)13-26-19-16(7-6-12-21-19)20(24)25-5-2/h6-12,17H,4-5,13H2,1-3H3,(H,22,23)/t17-/m1/s1. The number of amides is 1. The topological polar surface area (TPSA) is 68.3 Å². The minimum atomic E-state index is -0.422. The summed E-state index contributed by atoms with van der Waals surface area (Å²) in [6.07, 6.45) is 2.40. The molecule has 1 atom stereocenters. The van der Waals surface area contributed by atoms with Crippen LogP contribution in [0.2, 0.25) is 0 Å². The lowest BCUT2D eigenvalue weighted by Gasteiger charge is -2.17. The molecule has 1 N–H and O–H groups in total. The molecule has 2 aromatic rings. The van der Waals surface area contributed by atoms with Crippen molar-refractivity contribution in [2.75, 3.05) is 12.4 Å². The lowest BCUT2D eigenvalue weighted by atomic mass is 10.0. The molecule has 0 saturated carbocycles. The highest BCUT2D eigenvalue weighted by Gasteiger charge is 2.17. The van der Waals surface area contributed by atoms with Crippen molar-refractivity contribution in [1.82, 2.24) is 10.3 Å². The molecule has 0 aliphatic carbocycles. The van der Waals surface area contributed by atoms with E-state index in [2.05, 4.69) is 10.3 Å². The number of esters is 1. The van der Waals surface area contributed by atoms with Crippen LogP contribution in [0.4, 0.5) is 0 Å². The second-order valence-electron chi connectivity index (χ2n) is 5.80. The number of nitrogens with one attached hydrogen (secondary N) is 1. The van der Waals surface area contributed by atoms with Gasteiger partial charge in [0.15, 0.2) is 0 Å². The van der Waals surface area contributed by atoms with E-state index in [1.54, 1.807) is 25.3 Å². The molecule has 0 saturated heterocycles. The van der Waals surface area contributed by atoms with Crippen molar-refractivity contribution in [3.8, 4) is 0 Å². The molecule has 138 valence electrons. The third kappa shape index (κ3) is 5.59. The number of pyridine rings is 1. The van der Waals surface area contributed by atoms with Crippen molar-refractivity contribution in [3.63, 3.8) is 0 Å². The summed E-state index contributed by atoms with van der Waals surface area (Å²) in [5.74, 6) is -0.330. The zero-order chi connectivity index (χ0) is 18.9. The van der Waals surface area contributed by atoms with Crippen LogP contribution in [0, 0.1) is 6.92 Å². The average molecular weight is 372 g/mol. The molecule has 0 spiro atoms. The SMILES string of the molecule is CCOC(=O)c1cccnc1SCC(=O)N[C@H](CC)c1ccc(C)cc1. The first kappa shape index (κ1) is 20.0. The highest BCUT2D eigenvalue weighted by atomic mass is 32.2. The van der Waals surface area contributed by atoms with Crippen molar-refractivity contribution >= 4 is 23.6 Å². The Balaban J connectivity index is 1.98. The fourth-order valence-electron chi connectivity index (χ4n) is 2.46. The van der Waals surface area contributed by atoms with Gasteiger partial charge >= 0.3 is 5.97 Å². The summed E-state index contributed by atoms with van der Waals surface area (Å²) < 4.78 is 5.03. The summed E-state index contributed by atoms with van der Waals surface area (Å²) in [5.41, 5.74) is 2.66. The van der Waals surface area contributed by atoms with Crippen LogP contribution in [0.3, 0.4) is 0 Å². The fraction of sp³-hybridized carbons (Fsp3) is 0.350. The van der Waals surface area contributed by atoms with Gasteiger partial charge in [-0.1, -0.05) is 48.5 Å². The van der Waals surface area contributed by atoms with E-state index in [0.29, 0.717) is 17.2 Å². The zero-order valence-electron chi connectivity index (χ0n) is 15.3. The van der Waals surface area contributed by atoms with Crippen LogP contribution >= 0.6 is 11.8 Å². The third-order valence-electron chi connectivity index (χ3n) is 3.83. The number of thioether (sulfide) groups is 1. The maximum atomic E-state index is 12.4. The van der Waals surface area contributed by atoms with Gasteiger partial charge in [-0.3, -0.25) is 4.79 Å². The van der Waals surface area contributed by atoms with Crippen LogP contribution in [0.25, 0.3) is 0 Å². The molecule has 1 amide bonds. The van der Waals surface area contributed by atoms with E-state index >= 15 is 0 Å². The van der Waals surface area contributed by atoms with Crippen molar-refractivity contribution < 1.29 is 14.3 Å². The zero-order valence-corrected chi connectivity index (χ0v) is 16.1. The number of rotatable bonds is 8. The number of ether oxygens (including phenoxy) is 1. The predicted molar refractivity (Wildman–Crippen MR) is 103 cm³/mol. The number of benzene rings is 1. The molecule has 5 nitrogen and oxygen atoms in total. The van der Waals surface area contributed by atoms with E-state index < -0.39 is 5.97 Å². The van der Waals surface area contributed by atoms with Gasteiger partial charge in [-0.25, -0.2) is 9.78 Å². The Kier molecular flexibility index (Phi) is 7.66. The molecular formula is C20H24N2O3S. The molecule has 1 heterocycles. The van der Waals surface area contributed by atoms with Crippen LogP contribution in [0.1, 0.15) is 47.8 Å². The molecule has 2 rings (SSSR count). The van der Waals surface area contributed by atoms with E-state index in [9.17, 15) is 9.59 Å². The summed E-state index contributed by atoms with van der Waals surface area (Å²) in [5, 5.41) is 3.55. The van der Waals surface area contributed by atoms with E-state index in [0.717, 1.165) is 12.0 Å². The van der Waals surface area contributed by atoms with Crippen molar-refractivity contribution in [3.05, 3.63) is 59.3 Å². The molecule has 0 fully saturated rings. The molecule has 0 unspecified atom stereocenters. The minimum absolute atomic E-state index is 0.0306. The largest absolute Gasteiger partial charge is 0.462 e. The fourth-order valence-corrected chi connectivity index (χ4v) is 3.25. The Hall–Kier alpha value is -2.34. The number of carbonyl (C=O) groups is 2. The van der Waals surface area contributed by atoms with Crippen LogP contribution in [0.5, 0.6) is 0 Å². The lowest BCUT2D eigenvalue weighted by molar-refractivity contribution is -0.119. The van der Waals surface area contributed by atoms with Crippen LogP contribution in [-0.2, 0) is 9.53 Å². The predicted octanol–water partition coefficient (Wildman–Crippen LogP) is 3.93. The highest BCUT2D eigenvalue weighted by molar-refractivity contribution is 8.00. The number of carbonyl (C=O) groups excluding carboxylic acids is 2. The number of nitrogens with zero attached hydrogens (tertiary/aromatic N) is 1. The maximum absolute atomic E-state index is 12.4. The van der Waals surface area contributed by atoms with Crippen molar-refractivity contribution in [1.29, 1.82) is 0 Å². The van der Waals surface area contributed by atoms with E-state index in [1.165, 1.54) is 17.3 Å². The summed E-state index contributed by atoms with van der Waals surface area (Å²) in [6.45, 7) is 6.13. The van der Waals surface area contributed by atoms with Gasteiger partial charge in [-0.2, -0.15) is 0 Å². The van der Waals surface area contributed by atoms with Gasteiger partial charge in [0.05, 0.1) is 24.0 Å². The second kappa shape index (κ2) is 9.97. The van der Waals surface area contributed by atoms with Gasteiger partial charge < -0.3 is 10.1 Å². The first-order chi connectivity index (χ1) is 12.5. The van der Waals surface area contributed by atoms with Crippen molar-refractivity contribution in [2.24, 2.45) is 0 Å². The van der Waals surface area contributed by atoms with E-state index in [4.69, 9.17) is 4.74 Å². The van der Waals surface area contributed by atoms with E-state index in [1.807, 2.05) is 38.1 Å². The van der Waals surface area contributed by atoms with Crippen LogP contribution < -0.4 is 5.32 Å². The first-order valence-electron chi connectivity index (χ1n) is 8.66. The van der Waals surface area contributed by atoms with Gasteiger partial charge in [0.25, 0.3) is 0 Å². The molecule has 0 aliphatic rings. The summed E-state index contributed by atoms with van der Waals surface area (Å²) in [6, 6.07) is 11.5. The first-order valence-corrected chi connectivity index (χ1v) is 9.64. The highest BCUT2D eigenvalue weighted by Crippen LogP contribution is 2.22. The Bertz CT molecular complexity index is 747. The molecule has 0 aliphatic heterocycles. The molecule has 1 aromatic carbocycles. The molecule has 6 heteroatoms. The quantitative estimate of drug-likeness (QED) is 0.562. The normalized spacial score (nSPS) is 11.7. The molecular weight excluding hydrogens is 348 g/mol. The number of aromatic nitrogens is 1. The molecule has 0 radical (unpaired) electrons. The third-order valence-corrected chi connectivity index (χ3v) is 4.83. The monoisotopic (exact) mass is 372 g/mol. The van der Waals surface area contributed by atoms with Crippen LogP contribution in [-0.4, -0.2) is 29.2 Å². The van der Waals surface area contributed by atoms with Gasteiger partial charge in [0.2, 0.25) is 5.91 Å². The van der Waals surface area contributed by atoms with Gasteiger partial charge in [0.1, 0.15) is 5.03 Å². The Morgan fingerprint density at radius 1 is 1.19 bits per heavy atom. The van der Waals surface area contributed by atoms with Gasteiger partial charge in [-0.05, 0) is 38.0 Å². The Labute approximate surface area is 158 Å². The smallest absolute Gasteiger partial charge is 0.340 e. The maximum Gasteiger partial charge on any atom is 0.340 e. The van der Waals surface area contributed by atoms with Crippen molar-refractivity contribution in [2.45, 2.75) is 38.3 Å². The minimum Gasteiger partial charge on any atom is -0.462 e. The number of hydrogen-bond donors (Lipinski definition) is 1.